The van der Waals surface area contributed by atoms with Crippen LogP contribution >= 0.6 is 0 Å². The average Bonchev–Trinajstić information content (AvgIpc) is 4.02. The van der Waals surface area contributed by atoms with Crippen LogP contribution in [-0.2, 0) is 27.1 Å². The second-order valence-electron chi connectivity index (χ2n) is 13.4. The predicted octanol–water partition coefficient (Wildman–Crippen LogP) is 11.5. The van der Waals surface area contributed by atoms with Crippen molar-refractivity contribution in [3.8, 4) is 50.3 Å². The minimum Gasteiger partial charge on any atom is -0.667 e. The van der Waals surface area contributed by atoms with Crippen LogP contribution in [0.2, 0.25) is 0 Å². The number of aromatic nitrogens is 3. The maximum Gasteiger partial charge on any atom is 0.201 e. The Bertz CT molecular complexity index is 2660. The van der Waals surface area contributed by atoms with E-state index in [0.717, 1.165) is 83.5 Å². The summed E-state index contributed by atoms with van der Waals surface area (Å²) < 4.78 is 13.1. The van der Waals surface area contributed by atoms with E-state index < -0.39 is 6.29 Å². The minimum atomic E-state index is -0.705. The molecule has 2 aliphatic rings. The summed E-state index contributed by atoms with van der Waals surface area (Å²) in [6, 6.07) is 49.7. The number of benzene rings is 4. The van der Waals surface area contributed by atoms with Crippen LogP contribution in [0.3, 0.4) is 0 Å². The Labute approximate surface area is 330 Å². The topological polar surface area (TPSA) is 59.6 Å². The van der Waals surface area contributed by atoms with Crippen LogP contribution in [-0.4, -0.2) is 11.6 Å². The number of rotatable bonds is 6. The van der Waals surface area contributed by atoms with Gasteiger partial charge >= 0.3 is 0 Å². The van der Waals surface area contributed by atoms with Crippen molar-refractivity contribution in [2.45, 2.75) is 27.1 Å². The van der Waals surface area contributed by atoms with Crippen molar-refractivity contribution in [1.29, 1.82) is 0 Å². The monoisotopic (exact) mass is 793 g/mol. The van der Waals surface area contributed by atoms with Crippen molar-refractivity contribution in [3.63, 3.8) is 0 Å². The van der Waals surface area contributed by atoms with Crippen molar-refractivity contribution < 1.29 is 31.9 Å². The molecule has 269 valence electrons. The van der Waals surface area contributed by atoms with Gasteiger partial charge in [0.1, 0.15) is 0 Å². The molecule has 4 aromatic carbocycles. The molecule has 0 spiro atoms. The molecule has 7 aromatic rings. The van der Waals surface area contributed by atoms with Gasteiger partial charge in [0, 0.05) is 34.7 Å². The van der Waals surface area contributed by atoms with Crippen LogP contribution in [0.5, 0.6) is 5.75 Å². The van der Waals surface area contributed by atoms with Crippen molar-refractivity contribution in [2.75, 3.05) is 6.61 Å². The fourth-order valence-corrected chi connectivity index (χ4v) is 7.21. The fraction of sp³-hybridized carbons (Fsp3) is 0.104. The first-order valence-corrected chi connectivity index (χ1v) is 18.0. The SMILES string of the molecule is CCOC1Oc2[c-]c1c(-c1ccccc1)c1ccc([n-]1)c(-c1ccc(C)cc1)c1nc(c(-c3ccc(C)cc3)c3ccc([n-]3)c2-c2ccccc2)C=C1.[Ag]. The molecule has 3 aromatic heterocycles. The third-order valence-electron chi connectivity index (χ3n) is 9.79. The molecule has 5 nitrogen and oxygen atoms in total. The van der Waals surface area contributed by atoms with Gasteiger partial charge in [0.05, 0.1) is 11.4 Å². The summed E-state index contributed by atoms with van der Waals surface area (Å²) >= 11 is 0. The standard InChI is InChI=1S/C48H36N3O2.Ag/c1-4-52-48-36-29-43(53-48)47(33-13-9-6-10-14-33)42-28-27-41(51-42)46(35-21-17-31(3)18-22-35)40-26-25-39(50-40)45(34-19-15-30(2)16-20-34)38-24-23-37(49-38)44(36)32-11-7-5-8-12-32;/h5-28,48H,4H2,1-3H3;/q-3;. The zero-order valence-corrected chi connectivity index (χ0v) is 31.6. The second-order valence-corrected chi connectivity index (χ2v) is 13.4. The van der Waals surface area contributed by atoms with Crippen LogP contribution in [0.15, 0.2) is 133 Å². The first-order chi connectivity index (χ1) is 26.0. The first kappa shape index (κ1) is 35.3. The van der Waals surface area contributed by atoms with E-state index in [1.54, 1.807) is 0 Å². The Morgan fingerprint density at radius 2 is 0.981 bits per heavy atom. The second kappa shape index (κ2) is 15.0. The van der Waals surface area contributed by atoms with Gasteiger partial charge in [0.15, 0.2) is 0 Å². The Morgan fingerprint density at radius 1 is 0.556 bits per heavy atom. The van der Waals surface area contributed by atoms with Crippen molar-refractivity contribution in [1.82, 2.24) is 15.0 Å². The van der Waals surface area contributed by atoms with Gasteiger partial charge in [-0.1, -0.05) is 167 Å². The molecule has 54 heavy (non-hydrogen) atoms. The van der Waals surface area contributed by atoms with Gasteiger partial charge in [-0.25, -0.2) is 4.98 Å². The molecule has 1 radical (unpaired) electrons. The molecule has 8 bridgehead atoms. The molecule has 2 aliphatic heterocycles. The summed E-state index contributed by atoms with van der Waals surface area (Å²) in [5.74, 6) is 0.569. The molecule has 9 rings (SSSR count). The molecule has 0 saturated heterocycles. The number of hydrogen-bond donors (Lipinski definition) is 0. The molecule has 0 saturated carbocycles. The first-order valence-electron chi connectivity index (χ1n) is 18.0. The van der Waals surface area contributed by atoms with Crippen LogP contribution in [0.4, 0.5) is 0 Å². The molecule has 0 aliphatic carbocycles. The third-order valence-corrected chi connectivity index (χ3v) is 9.79. The molecule has 0 fully saturated rings. The molecular weight excluding hydrogens is 758 g/mol. The van der Waals surface area contributed by atoms with E-state index in [1.807, 2.05) is 43.3 Å². The van der Waals surface area contributed by atoms with Crippen LogP contribution in [0.25, 0.3) is 78.7 Å². The smallest absolute Gasteiger partial charge is 0.201 e. The summed E-state index contributed by atoms with van der Waals surface area (Å²) in [6.07, 6.45) is 3.50. The van der Waals surface area contributed by atoms with Crippen molar-refractivity contribution >= 4 is 34.2 Å². The maximum absolute atomic E-state index is 6.77. The Kier molecular flexibility index (Phi) is 9.80. The number of ether oxygens (including phenoxy) is 2. The molecule has 0 N–H and O–H groups in total. The summed E-state index contributed by atoms with van der Waals surface area (Å²) in [4.78, 5) is 16.1. The summed E-state index contributed by atoms with van der Waals surface area (Å²) in [5.41, 5.74) is 15.7. The van der Waals surface area contributed by atoms with E-state index in [9.17, 15) is 0 Å². The van der Waals surface area contributed by atoms with Gasteiger partial charge in [-0.15, -0.1) is 22.7 Å². The van der Waals surface area contributed by atoms with E-state index in [1.165, 1.54) is 11.1 Å². The van der Waals surface area contributed by atoms with E-state index in [2.05, 4.69) is 129 Å². The van der Waals surface area contributed by atoms with Gasteiger partial charge in [0.25, 0.3) is 0 Å². The van der Waals surface area contributed by atoms with Crippen molar-refractivity contribution in [3.05, 3.63) is 168 Å². The minimum absolute atomic E-state index is 0. The predicted molar refractivity (Wildman–Crippen MR) is 215 cm³/mol. The largest absolute Gasteiger partial charge is 0.667 e. The van der Waals surface area contributed by atoms with Gasteiger partial charge in [-0.05, 0) is 55.2 Å². The van der Waals surface area contributed by atoms with Gasteiger partial charge in [-0.3, -0.25) is 0 Å². The number of hydrogen-bond acceptors (Lipinski definition) is 3. The number of nitrogens with zero attached hydrogens (tertiary/aromatic N) is 3. The Morgan fingerprint density at radius 3 is 1.46 bits per heavy atom. The normalized spacial score (nSPS) is 13.4. The van der Waals surface area contributed by atoms with Gasteiger partial charge < -0.3 is 19.4 Å². The molecular formula is C48H36AgN3O2-3. The van der Waals surface area contributed by atoms with Crippen LogP contribution in [0.1, 0.15) is 41.3 Å². The van der Waals surface area contributed by atoms with E-state index in [4.69, 9.17) is 24.4 Å². The molecule has 6 heteroatoms. The maximum atomic E-state index is 6.77. The van der Waals surface area contributed by atoms with Gasteiger partial charge in [-0.2, -0.15) is 11.0 Å². The summed E-state index contributed by atoms with van der Waals surface area (Å²) in [6.45, 7) is 6.64. The van der Waals surface area contributed by atoms with Crippen LogP contribution in [0, 0.1) is 19.9 Å². The fourth-order valence-electron chi connectivity index (χ4n) is 7.21. The molecule has 5 heterocycles. The average molecular weight is 795 g/mol. The molecule has 0 amide bonds. The van der Waals surface area contributed by atoms with E-state index in [-0.39, 0.29) is 22.4 Å². The Balaban J connectivity index is 0.00000413. The molecule has 1 atom stereocenters. The van der Waals surface area contributed by atoms with E-state index >= 15 is 0 Å². The Hall–Kier alpha value is -5.69. The quantitative estimate of drug-likeness (QED) is 0.124. The number of aryl methyl sites for hydroxylation is 2. The van der Waals surface area contributed by atoms with Gasteiger partial charge in [0.2, 0.25) is 6.29 Å². The zero-order chi connectivity index (χ0) is 35.9. The third kappa shape index (κ3) is 6.57. The zero-order valence-electron chi connectivity index (χ0n) is 30.1. The molecule has 1 unspecified atom stereocenters. The van der Waals surface area contributed by atoms with E-state index in [0.29, 0.717) is 12.4 Å². The summed E-state index contributed by atoms with van der Waals surface area (Å²) in [5, 5.41) is 0. The van der Waals surface area contributed by atoms with Crippen molar-refractivity contribution in [2.24, 2.45) is 0 Å². The number of fused-ring (bicyclic) bond motifs is 8. The van der Waals surface area contributed by atoms with Crippen LogP contribution < -0.4 is 14.7 Å². The summed E-state index contributed by atoms with van der Waals surface area (Å²) in [7, 11) is 0.